The van der Waals surface area contributed by atoms with E-state index in [0.717, 1.165) is 32.1 Å². The van der Waals surface area contributed by atoms with Crippen LogP contribution in [0.25, 0.3) is 0 Å². The number of carbonyl (C=O) groups is 2. The molecule has 0 spiro atoms. The Labute approximate surface area is 246 Å². The molecule has 2 atom stereocenters. The summed E-state index contributed by atoms with van der Waals surface area (Å²) in [5.41, 5.74) is 0. The number of carboxylic acid groups (broad SMARTS) is 2. The second-order valence-corrected chi connectivity index (χ2v) is 11.3. The molecule has 0 aromatic heterocycles. The third kappa shape index (κ3) is 9.57. The van der Waals surface area contributed by atoms with Gasteiger partial charge in [-0.05, 0) is 41.0 Å². The van der Waals surface area contributed by atoms with E-state index in [1.54, 1.807) is 0 Å². The Morgan fingerprint density at radius 1 is 0.634 bits per heavy atom. The number of ether oxygens (including phenoxy) is 5. The first-order valence-corrected chi connectivity index (χ1v) is 16.5. The van der Waals surface area contributed by atoms with Crippen LogP contribution in [0.3, 0.4) is 0 Å². The minimum atomic E-state index is -5.84. The normalized spacial score (nSPS) is 15.0. The van der Waals surface area contributed by atoms with Crippen molar-refractivity contribution in [1.29, 1.82) is 0 Å². The molecule has 0 fully saturated rings. The van der Waals surface area contributed by atoms with Crippen LogP contribution in [0.15, 0.2) is 0 Å². The standard InChI is InChI=1S/C28H54O12S/c1-7-13-14-15-16-17-18-19-20-21-22-23(24(29)30)26(25(31)32,41(33,34)35)27(36-8-2,37-9-3)28(38-10-4,39-11-5)40-12-6/h23H,7-22H2,1-6H3,(H,29,30)(H,31,32)(H,33,34,35). The topological polar surface area (TPSA) is 175 Å². The fourth-order valence-electron chi connectivity index (χ4n) is 5.36. The van der Waals surface area contributed by atoms with Gasteiger partial charge in [-0.3, -0.25) is 14.1 Å². The van der Waals surface area contributed by atoms with Gasteiger partial charge in [0.25, 0.3) is 20.7 Å². The van der Waals surface area contributed by atoms with E-state index in [-0.39, 0.29) is 39.5 Å². The SMILES string of the molecule is CCCCCCCCCCCCC(C(=O)O)C(C(=O)O)(C(OCC)(OCC)C(OCC)(OCC)OCC)S(=O)(=O)O. The van der Waals surface area contributed by atoms with Crippen LogP contribution in [0, 0.1) is 5.92 Å². The van der Waals surface area contributed by atoms with E-state index in [0.29, 0.717) is 6.42 Å². The average molecular weight is 615 g/mol. The summed E-state index contributed by atoms with van der Waals surface area (Å²) in [6.07, 6.45) is 8.81. The van der Waals surface area contributed by atoms with Crippen LogP contribution < -0.4 is 0 Å². The Bertz CT molecular complexity index is 824. The van der Waals surface area contributed by atoms with E-state index in [1.165, 1.54) is 53.9 Å². The zero-order valence-electron chi connectivity index (χ0n) is 25.8. The smallest absolute Gasteiger partial charge is 0.343 e. The second kappa shape index (κ2) is 19.8. The van der Waals surface area contributed by atoms with Crippen LogP contribution in [0.2, 0.25) is 0 Å². The fourth-order valence-corrected chi connectivity index (χ4v) is 6.74. The van der Waals surface area contributed by atoms with Crippen LogP contribution in [-0.2, 0) is 43.4 Å². The van der Waals surface area contributed by atoms with Crippen molar-refractivity contribution in [2.45, 2.75) is 129 Å². The van der Waals surface area contributed by atoms with Crippen molar-refractivity contribution in [3.63, 3.8) is 0 Å². The van der Waals surface area contributed by atoms with E-state index in [4.69, 9.17) is 23.7 Å². The molecule has 13 heteroatoms. The Balaban J connectivity index is 6.85. The predicted molar refractivity (Wildman–Crippen MR) is 153 cm³/mol. The van der Waals surface area contributed by atoms with Gasteiger partial charge in [-0.2, -0.15) is 8.42 Å². The molecule has 0 bridgehead atoms. The number of unbranched alkanes of at least 4 members (excludes halogenated alkanes) is 9. The van der Waals surface area contributed by atoms with E-state index in [9.17, 15) is 32.8 Å². The maximum Gasteiger partial charge on any atom is 0.343 e. The van der Waals surface area contributed by atoms with Gasteiger partial charge in [0.15, 0.2) is 0 Å². The summed E-state index contributed by atoms with van der Waals surface area (Å²) in [4.78, 5) is 26.0. The molecule has 0 saturated heterocycles. The number of aliphatic carboxylic acids is 2. The van der Waals surface area contributed by atoms with Crippen molar-refractivity contribution in [3.8, 4) is 0 Å². The lowest BCUT2D eigenvalue weighted by molar-refractivity contribution is -0.502. The van der Waals surface area contributed by atoms with Crippen LogP contribution in [-0.4, -0.2) is 84.7 Å². The van der Waals surface area contributed by atoms with E-state index >= 15 is 0 Å². The molecule has 0 aliphatic carbocycles. The molecule has 244 valence electrons. The van der Waals surface area contributed by atoms with E-state index in [1.807, 2.05) is 0 Å². The van der Waals surface area contributed by atoms with Gasteiger partial charge in [0.05, 0.1) is 5.92 Å². The minimum Gasteiger partial charge on any atom is -0.481 e. The molecule has 2 unspecified atom stereocenters. The first-order chi connectivity index (χ1) is 19.4. The third-order valence-electron chi connectivity index (χ3n) is 6.95. The highest BCUT2D eigenvalue weighted by molar-refractivity contribution is 7.88. The van der Waals surface area contributed by atoms with Gasteiger partial charge < -0.3 is 33.9 Å². The van der Waals surface area contributed by atoms with Crippen LogP contribution in [0.5, 0.6) is 0 Å². The first kappa shape index (κ1) is 39.6. The van der Waals surface area contributed by atoms with Gasteiger partial charge in [0.2, 0.25) is 0 Å². The summed E-state index contributed by atoms with van der Waals surface area (Å²) in [6.45, 7) is 8.24. The first-order valence-electron chi connectivity index (χ1n) is 15.0. The van der Waals surface area contributed by atoms with Crippen LogP contribution in [0.4, 0.5) is 0 Å². The van der Waals surface area contributed by atoms with Crippen molar-refractivity contribution in [2.75, 3.05) is 33.0 Å². The molecule has 0 radical (unpaired) electrons. The lowest BCUT2D eigenvalue weighted by Gasteiger charge is -2.53. The molecule has 0 saturated carbocycles. The molecule has 0 aliphatic rings. The molecule has 0 aromatic rings. The fraction of sp³-hybridized carbons (Fsp3) is 0.929. The molecule has 0 aromatic carbocycles. The highest BCUT2D eigenvalue weighted by Gasteiger charge is 2.82. The zero-order chi connectivity index (χ0) is 31.6. The highest BCUT2D eigenvalue weighted by Crippen LogP contribution is 2.51. The summed E-state index contributed by atoms with van der Waals surface area (Å²) in [5.74, 6) is -12.0. The van der Waals surface area contributed by atoms with E-state index < -0.39 is 50.9 Å². The number of hydrogen-bond acceptors (Lipinski definition) is 9. The van der Waals surface area contributed by atoms with Crippen LogP contribution in [0.1, 0.15) is 112 Å². The average Bonchev–Trinajstić information content (AvgIpc) is 2.88. The van der Waals surface area contributed by atoms with Gasteiger partial charge in [-0.15, -0.1) is 0 Å². The Morgan fingerprint density at radius 3 is 1.29 bits per heavy atom. The summed E-state index contributed by atoms with van der Waals surface area (Å²) in [7, 11) is -5.84. The summed E-state index contributed by atoms with van der Waals surface area (Å²) in [5, 5.41) is 21.0. The predicted octanol–water partition coefficient (Wildman–Crippen LogP) is 5.24. The summed E-state index contributed by atoms with van der Waals surface area (Å²) >= 11 is 0. The van der Waals surface area contributed by atoms with Crippen LogP contribution >= 0.6 is 0 Å². The second-order valence-electron chi connectivity index (χ2n) is 9.72. The Morgan fingerprint density at radius 2 is 1.00 bits per heavy atom. The van der Waals surface area contributed by atoms with Gasteiger partial charge in [-0.25, -0.2) is 0 Å². The lowest BCUT2D eigenvalue weighted by Crippen LogP contribution is -2.80. The van der Waals surface area contributed by atoms with Gasteiger partial charge >= 0.3 is 17.9 Å². The van der Waals surface area contributed by atoms with Gasteiger partial charge in [-0.1, -0.05) is 71.1 Å². The number of rotatable bonds is 27. The zero-order valence-corrected chi connectivity index (χ0v) is 26.6. The minimum absolute atomic E-state index is 0.177. The number of carboxylic acids is 2. The number of hydrogen-bond donors (Lipinski definition) is 3. The maximum absolute atomic E-state index is 13.4. The largest absolute Gasteiger partial charge is 0.481 e. The lowest BCUT2D eigenvalue weighted by atomic mass is 9.78. The monoisotopic (exact) mass is 614 g/mol. The quantitative estimate of drug-likeness (QED) is 0.0624. The third-order valence-corrected chi connectivity index (χ3v) is 8.49. The van der Waals surface area contributed by atoms with Crippen molar-refractivity contribution in [2.24, 2.45) is 5.92 Å². The van der Waals surface area contributed by atoms with Crippen molar-refractivity contribution < 1.29 is 56.5 Å². The molecule has 0 rings (SSSR count). The highest BCUT2D eigenvalue weighted by atomic mass is 32.2. The maximum atomic E-state index is 13.4. The molecule has 12 nitrogen and oxygen atoms in total. The van der Waals surface area contributed by atoms with Crippen molar-refractivity contribution in [1.82, 2.24) is 0 Å². The molecular weight excluding hydrogens is 560 g/mol. The van der Waals surface area contributed by atoms with Gasteiger partial charge in [0, 0.05) is 33.0 Å². The molecule has 0 aliphatic heterocycles. The Hall–Kier alpha value is -1.35. The van der Waals surface area contributed by atoms with E-state index in [2.05, 4.69) is 6.92 Å². The van der Waals surface area contributed by atoms with Crippen molar-refractivity contribution in [3.05, 3.63) is 0 Å². The van der Waals surface area contributed by atoms with Crippen molar-refractivity contribution >= 4 is 22.1 Å². The molecule has 0 heterocycles. The molecule has 41 heavy (non-hydrogen) atoms. The molecular formula is C28H54O12S. The Kier molecular flexibility index (Phi) is 19.1. The molecule has 3 N–H and O–H groups in total. The summed E-state index contributed by atoms with van der Waals surface area (Å²) < 4.78 is 62.6. The van der Waals surface area contributed by atoms with Gasteiger partial charge in [0.1, 0.15) is 0 Å². The molecule has 0 amide bonds. The summed E-state index contributed by atoms with van der Waals surface area (Å²) in [6, 6.07) is 0.